The molecule has 0 fully saturated rings. The van der Waals surface area contributed by atoms with Crippen LogP contribution in [0.5, 0.6) is 0 Å². The molecule has 0 amide bonds. The lowest BCUT2D eigenvalue weighted by atomic mass is 10.2. The minimum Gasteiger partial charge on any atom is -0.378 e. The zero-order chi connectivity index (χ0) is 14.1. The average Bonchev–Trinajstić information content (AvgIpc) is 2.78. The number of hydrogen-bond acceptors (Lipinski definition) is 2. The average molecular weight is 330 g/mol. The molecule has 2 aromatic carbocycles. The molecular weight excluding hydrogens is 314 g/mol. The molecule has 1 heterocycles. The molecule has 0 saturated carbocycles. The molecule has 0 atom stereocenters. The molecule has 3 rings (SSSR count). The highest BCUT2D eigenvalue weighted by Gasteiger charge is 2.08. The molecule has 1 N–H and O–H groups in total. The van der Waals surface area contributed by atoms with Crippen LogP contribution in [0.1, 0.15) is 11.3 Å². The Bertz CT molecular complexity index is 762. The first-order valence-electron chi connectivity index (χ1n) is 6.56. The Kier molecular flexibility index (Phi) is 3.49. The SMILES string of the molecule is Cc1cccc(NCc2nn(C)c3ccccc23)c1Br. The maximum atomic E-state index is 4.60. The summed E-state index contributed by atoms with van der Waals surface area (Å²) in [5.74, 6) is 0. The summed E-state index contributed by atoms with van der Waals surface area (Å²) in [5, 5.41) is 9.25. The number of aromatic nitrogens is 2. The largest absolute Gasteiger partial charge is 0.378 e. The van der Waals surface area contributed by atoms with Gasteiger partial charge in [0.05, 0.1) is 17.8 Å². The minimum absolute atomic E-state index is 0.712. The second kappa shape index (κ2) is 5.29. The van der Waals surface area contributed by atoms with Gasteiger partial charge in [-0.05, 0) is 40.5 Å². The van der Waals surface area contributed by atoms with E-state index < -0.39 is 0 Å². The van der Waals surface area contributed by atoms with Gasteiger partial charge in [0.15, 0.2) is 0 Å². The zero-order valence-corrected chi connectivity index (χ0v) is 13.1. The van der Waals surface area contributed by atoms with Crippen molar-refractivity contribution in [1.82, 2.24) is 9.78 Å². The monoisotopic (exact) mass is 329 g/mol. The van der Waals surface area contributed by atoms with Crippen LogP contribution in [0.15, 0.2) is 46.9 Å². The standard InChI is InChI=1S/C16H16BrN3/c1-11-6-5-8-13(16(11)17)18-10-14-12-7-3-4-9-15(12)20(2)19-14/h3-9,18H,10H2,1-2H3. The van der Waals surface area contributed by atoms with Crippen LogP contribution in [0, 0.1) is 6.92 Å². The molecule has 0 saturated heterocycles. The van der Waals surface area contributed by atoms with Crippen molar-refractivity contribution in [2.24, 2.45) is 7.05 Å². The highest BCUT2D eigenvalue weighted by atomic mass is 79.9. The van der Waals surface area contributed by atoms with E-state index in [1.165, 1.54) is 10.9 Å². The summed E-state index contributed by atoms with van der Waals surface area (Å²) in [6.45, 7) is 2.80. The molecule has 0 aliphatic carbocycles. The highest BCUT2D eigenvalue weighted by molar-refractivity contribution is 9.10. The van der Waals surface area contributed by atoms with Gasteiger partial charge in [0.25, 0.3) is 0 Å². The Labute approximate surface area is 126 Å². The molecular formula is C16H16BrN3. The van der Waals surface area contributed by atoms with E-state index >= 15 is 0 Å². The van der Waals surface area contributed by atoms with Crippen LogP contribution in [0.3, 0.4) is 0 Å². The Morgan fingerprint density at radius 1 is 1.15 bits per heavy atom. The number of benzene rings is 2. The predicted molar refractivity (Wildman–Crippen MR) is 86.9 cm³/mol. The van der Waals surface area contributed by atoms with Gasteiger partial charge in [-0.25, -0.2) is 0 Å². The molecule has 0 aliphatic rings. The molecule has 4 heteroatoms. The number of hydrogen-bond donors (Lipinski definition) is 1. The van der Waals surface area contributed by atoms with Crippen LogP contribution in [0.2, 0.25) is 0 Å². The molecule has 102 valence electrons. The van der Waals surface area contributed by atoms with Crippen LogP contribution < -0.4 is 5.32 Å². The zero-order valence-electron chi connectivity index (χ0n) is 11.5. The molecule has 0 bridgehead atoms. The van der Waals surface area contributed by atoms with E-state index in [4.69, 9.17) is 0 Å². The van der Waals surface area contributed by atoms with Gasteiger partial charge in [-0.1, -0.05) is 30.3 Å². The van der Waals surface area contributed by atoms with Gasteiger partial charge in [-0.2, -0.15) is 5.10 Å². The second-order valence-electron chi connectivity index (χ2n) is 4.88. The first-order chi connectivity index (χ1) is 9.66. The number of anilines is 1. The summed E-state index contributed by atoms with van der Waals surface area (Å²) in [6, 6.07) is 14.5. The molecule has 0 unspecified atom stereocenters. The topological polar surface area (TPSA) is 29.9 Å². The number of aryl methyl sites for hydroxylation is 2. The molecule has 0 radical (unpaired) electrons. The number of halogens is 1. The van der Waals surface area contributed by atoms with E-state index in [1.807, 2.05) is 17.8 Å². The summed E-state index contributed by atoms with van der Waals surface area (Å²) in [5.41, 5.74) is 4.55. The van der Waals surface area contributed by atoms with Gasteiger partial charge < -0.3 is 5.32 Å². The minimum atomic E-state index is 0.712. The van der Waals surface area contributed by atoms with Gasteiger partial charge in [0.2, 0.25) is 0 Å². The summed E-state index contributed by atoms with van der Waals surface area (Å²) in [6.07, 6.45) is 0. The van der Waals surface area contributed by atoms with Crippen LogP contribution in [-0.4, -0.2) is 9.78 Å². The van der Waals surface area contributed by atoms with Crippen LogP contribution in [0.25, 0.3) is 10.9 Å². The summed E-state index contributed by atoms with van der Waals surface area (Å²) in [7, 11) is 1.98. The van der Waals surface area contributed by atoms with E-state index in [-0.39, 0.29) is 0 Å². The predicted octanol–water partition coefficient (Wildman–Crippen LogP) is 4.26. The van der Waals surface area contributed by atoms with Gasteiger partial charge in [-0.3, -0.25) is 4.68 Å². The van der Waals surface area contributed by atoms with Crippen LogP contribution >= 0.6 is 15.9 Å². The number of rotatable bonds is 3. The van der Waals surface area contributed by atoms with Crippen molar-refractivity contribution in [3.05, 3.63) is 58.2 Å². The molecule has 0 spiro atoms. The Morgan fingerprint density at radius 2 is 1.95 bits per heavy atom. The fourth-order valence-corrected chi connectivity index (χ4v) is 2.79. The van der Waals surface area contributed by atoms with Crippen molar-refractivity contribution in [3.63, 3.8) is 0 Å². The Hall–Kier alpha value is -1.81. The van der Waals surface area contributed by atoms with Crippen LogP contribution in [-0.2, 0) is 13.6 Å². The van der Waals surface area contributed by atoms with E-state index in [0.29, 0.717) is 6.54 Å². The van der Waals surface area contributed by atoms with Gasteiger partial charge in [0, 0.05) is 22.6 Å². The molecule has 1 aromatic heterocycles. The fourth-order valence-electron chi connectivity index (χ4n) is 2.38. The van der Waals surface area contributed by atoms with E-state index in [2.05, 4.69) is 69.7 Å². The number of fused-ring (bicyclic) bond motifs is 1. The molecule has 20 heavy (non-hydrogen) atoms. The summed E-state index contributed by atoms with van der Waals surface area (Å²) in [4.78, 5) is 0. The smallest absolute Gasteiger partial charge is 0.0894 e. The maximum absolute atomic E-state index is 4.60. The lowest BCUT2D eigenvalue weighted by molar-refractivity contribution is 0.771. The van der Waals surface area contributed by atoms with Gasteiger partial charge in [-0.15, -0.1) is 0 Å². The van der Waals surface area contributed by atoms with E-state index in [9.17, 15) is 0 Å². The van der Waals surface area contributed by atoms with Gasteiger partial charge >= 0.3 is 0 Å². The van der Waals surface area contributed by atoms with E-state index in [0.717, 1.165) is 21.4 Å². The number of nitrogens with one attached hydrogen (secondary N) is 1. The van der Waals surface area contributed by atoms with Crippen LogP contribution in [0.4, 0.5) is 5.69 Å². The molecule has 3 aromatic rings. The third-order valence-corrected chi connectivity index (χ3v) is 4.52. The second-order valence-corrected chi connectivity index (χ2v) is 5.67. The first-order valence-corrected chi connectivity index (χ1v) is 7.35. The van der Waals surface area contributed by atoms with Crippen molar-refractivity contribution >= 4 is 32.5 Å². The number of para-hydroxylation sites is 1. The van der Waals surface area contributed by atoms with Gasteiger partial charge in [0.1, 0.15) is 0 Å². The summed E-state index contributed by atoms with van der Waals surface area (Å²) >= 11 is 3.62. The molecule has 3 nitrogen and oxygen atoms in total. The number of nitrogens with zero attached hydrogens (tertiary/aromatic N) is 2. The van der Waals surface area contributed by atoms with Crippen molar-refractivity contribution in [1.29, 1.82) is 0 Å². The fraction of sp³-hybridized carbons (Fsp3) is 0.188. The van der Waals surface area contributed by atoms with Crippen molar-refractivity contribution in [2.45, 2.75) is 13.5 Å². The van der Waals surface area contributed by atoms with E-state index in [1.54, 1.807) is 0 Å². The highest BCUT2D eigenvalue weighted by Crippen LogP contribution is 2.26. The Morgan fingerprint density at radius 3 is 2.80 bits per heavy atom. The maximum Gasteiger partial charge on any atom is 0.0894 e. The first kappa shape index (κ1) is 13.2. The lowest BCUT2D eigenvalue weighted by Crippen LogP contribution is -2.02. The molecule has 0 aliphatic heterocycles. The normalized spacial score (nSPS) is 10.9. The van der Waals surface area contributed by atoms with Crippen molar-refractivity contribution in [2.75, 3.05) is 5.32 Å². The lowest BCUT2D eigenvalue weighted by Gasteiger charge is -2.09. The van der Waals surface area contributed by atoms with Crippen molar-refractivity contribution < 1.29 is 0 Å². The third-order valence-electron chi connectivity index (χ3n) is 3.47. The third kappa shape index (κ3) is 2.31. The summed E-state index contributed by atoms with van der Waals surface area (Å²) < 4.78 is 3.04. The Balaban J connectivity index is 1.89. The quantitative estimate of drug-likeness (QED) is 0.778. The van der Waals surface area contributed by atoms with Crippen molar-refractivity contribution in [3.8, 4) is 0 Å².